The topological polar surface area (TPSA) is 109 Å². The Morgan fingerprint density at radius 1 is 1.09 bits per heavy atom. The van der Waals surface area contributed by atoms with Gasteiger partial charge in [-0.25, -0.2) is 23.2 Å². The molecule has 1 aliphatic rings. The summed E-state index contributed by atoms with van der Waals surface area (Å²) in [7, 11) is -0.782. The second-order valence-electron chi connectivity index (χ2n) is 10.8. The van der Waals surface area contributed by atoms with Crippen LogP contribution < -0.4 is 9.88 Å². The molecular weight excluding hydrogens is 619 g/mol. The molecule has 0 aliphatic heterocycles. The average molecular weight is 650 g/mol. The van der Waals surface area contributed by atoms with Crippen molar-refractivity contribution in [3.63, 3.8) is 0 Å². The molecule has 5 aromatic rings. The highest BCUT2D eigenvalue weighted by molar-refractivity contribution is 7.82. The molecule has 8 nitrogen and oxygen atoms in total. The van der Waals surface area contributed by atoms with Gasteiger partial charge in [0.05, 0.1) is 25.1 Å². The van der Waals surface area contributed by atoms with E-state index in [1.54, 1.807) is 66.6 Å². The van der Waals surface area contributed by atoms with Crippen LogP contribution in [-0.4, -0.2) is 34.5 Å². The fourth-order valence-corrected chi connectivity index (χ4v) is 6.51. The number of carbonyl (C=O) groups is 1. The highest BCUT2D eigenvalue weighted by Crippen LogP contribution is 2.39. The van der Waals surface area contributed by atoms with Gasteiger partial charge in [0.1, 0.15) is 11.6 Å². The lowest BCUT2D eigenvalue weighted by atomic mass is 9.94. The second-order valence-corrected chi connectivity index (χ2v) is 12.8. The molecule has 232 valence electrons. The van der Waals surface area contributed by atoms with Gasteiger partial charge in [0.15, 0.2) is 22.5 Å². The minimum absolute atomic E-state index is 0.0429. The van der Waals surface area contributed by atoms with Gasteiger partial charge in [-0.1, -0.05) is 22.4 Å². The van der Waals surface area contributed by atoms with Crippen LogP contribution in [0.1, 0.15) is 47.1 Å². The highest BCUT2D eigenvalue weighted by atomic mass is 32.2. The zero-order valence-corrected chi connectivity index (χ0v) is 26.3. The van der Waals surface area contributed by atoms with Crippen molar-refractivity contribution in [2.24, 2.45) is 11.1 Å². The smallest absolute Gasteiger partial charge is 0.357 e. The normalized spacial score (nSPS) is 13.5. The van der Waals surface area contributed by atoms with Crippen LogP contribution in [0.15, 0.2) is 70.9 Å². The van der Waals surface area contributed by atoms with Crippen molar-refractivity contribution < 1.29 is 27.3 Å². The second kappa shape index (κ2) is 13.0. The van der Waals surface area contributed by atoms with Crippen molar-refractivity contribution in [1.29, 1.82) is 0 Å². The zero-order valence-electron chi connectivity index (χ0n) is 24.6. The van der Waals surface area contributed by atoms with Crippen LogP contribution >= 0.6 is 11.3 Å². The first-order valence-electron chi connectivity index (χ1n) is 14.4. The van der Waals surface area contributed by atoms with Gasteiger partial charge in [0.25, 0.3) is 0 Å². The van der Waals surface area contributed by atoms with E-state index in [1.807, 2.05) is 0 Å². The molecule has 2 aromatic heterocycles. The lowest BCUT2D eigenvalue weighted by Crippen LogP contribution is -2.06. The largest absolute Gasteiger partial charge is 0.497 e. The van der Waals surface area contributed by atoms with Crippen molar-refractivity contribution in [2.45, 2.75) is 37.5 Å². The third-order valence-electron chi connectivity index (χ3n) is 7.65. The maximum atomic E-state index is 15.4. The molecule has 2 heterocycles. The number of aromatic nitrogens is 3. The molecule has 3 aromatic carbocycles. The number of hydrogen-bond donors (Lipinski definition) is 1. The molecule has 0 amide bonds. The van der Waals surface area contributed by atoms with E-state index in [2.05, 4.69) is 4.98 Å². The molecule has 1 atom stereocenters. The summed E-state index contributed by atoms with van der Waals surface area (Å²) in [6, 6.07) is 16.5. The molecule has 2 N–H and O–H groups in total. The third-order valence-corrected chi connectivity index (χ3v) is 9.31. The van der Waals surface area contributed by atoms with Crippen LogP contribution in [-0.2, 0) is 32.8 Å². The summed E-state index contributed by atoms with van der Waals surface area (Å²) in [5.41, 5.74) is 4.72. The molecule has 1 unspecified atom stereocenters. The first-order valence-corrected chi connectivity index (χ1v) is 16.6. The molecule has 1 fully saturated rings. The summed E-state index contributed by atoms with van der Waals surface area (Å²) in [4.78, 5) is 17.0. The van der Waals surface area contributed by atoms with Gasteiger partial charge in [-0.2, -0.15) is 5.10 Å². The zero-order chi connectivity index (χ0) is 31.7. The first kappa shape index (κ1) is 30.8. The Kier molecular flexibility index (Phi) is 8.88. The van der Waals surface area contributed by atoms with E-state index in [-0.39, 0.29) is 23.6 Å². The van der Waals surface area contributed by atoms with E-state index >= 15 is 4.39 Å². The average Bonchev–Trinajstić information content (AvgIpc) is 3.59. The van der Waals surface area contributed by atoms with Gasteiger partial charge < -0.3 is 9.47 Å². The van der Waals surface area contributed by atoms with Gasteiger partial charge in [0.2, 0.25) is 10.0 Å². The molecule has 45 heavy (non-hydrogen) atoms. The molecule has 1 saturated carbocycles. The third kappa shape index (κ3) is 6.58. The minimum Gasteiger partial charge on any atom is -0.497 e. The summed E-state index contributed by atoms with van der Waals surface area (Å²) < 4.78 is 54.3. The Bertz CT molecular complexity index is 1920. The number of nitrogens with zero attached hydrogens (tertiary/aromatic N) is 3. The van der Waals surface area contributed by atoms with Crippen molar-refractivity contribution >= 4 is 28.3 Å². The molecule has 0 saturated heterocycles. The Labute approximate surface area is 265 Å². The highest BCUT2D eigenvalue weighted by Gasteiger charge is 2.29. The van der Waals surface area contributed by atoms with Crippen LogP contribution in [0.4, 0.5) is 8.78 Å². The summed E-state index contributed by atoms with van der Waals surface area (Å²) in [5.74, 6) is -0.538. The quantitative estimate of drug-likeness (QED) is 0.0982. The van der Waals surface area contributed by atoms with Gasteiger partial charge in [-0.05, 0) is 85.7 Å². The van der Waals surface area contributed by atoms with E-state index < -0.39 is 28.6 Å². The predicted molar refractivity (Wildman–Crippen MR) is 170 cm³/mol. The Morgan fingerprint density at radius 2 is 1.91 bits per heavy atom. The first-order chi connectivity index (χ1) is 21.7. The monoisotopic (exact) mass is 649 g/mol. The van der Waals surface area contributed by atoms with Gasteiger partial charge >= 0.3 is 5.97 Å². The van der Waals surface area contributed by atoms with Gasteiger partial charge in [-0.15, -0.1) is 16.5 Å². The lowest BCUT2D eigenvalue weighted by molar-refractivity contribution is 0.0520. The summed E-state index contributed by atoms with van der Waals surface area (Å²) in [6.45, 7) is 1.94. The van der Waals surface area contributed by atoms with Crippen molar-refractivity contribution in [1.82, 2.24) is 14.8 Å². The maximum absolute atomic E-state index is 15.4. The van der Waals surface area contributed by atoms with Crippen LogP contribution in [0.5, 0.6) is 5.75 Å². The number of benzene rings is 3. The predicted octanol–water partition coefficient (Wildman–Crippen LogP) is 6.60. The van der Waals surface area contributed by atoms with Crippen LogP contribution in [0.25, 0.3) is 27.5 Å². The fraction of sp³-hybridized carbons (Fsp3) is 0.242. The molecule has 0 spiro atoms. The standard InChI is InChI=1S/C33H30F2N4O4S2/c1-3-43-32(40)29-18-44-33(37-29)39-31(22-10-11-26(34)24(17-22)21-5-4-6-23(16-21)42-2)25(28(38-39)15-19-7-8-19)13-20-9-12-30(45(36)41)27(35)14-20/h4-6,9-12,14,16-19H,3,7-8,13,15H2,1-2H3,(H2,36,41)/p+1. The fourth-order valence-electron chi connectivity index (χ4n) is 5.26. The lowest BCUT2D eigenvalue weighted by Gasteiger charge is -2.12. The Balaban J connectivity index is 1.55. The van der Waals surface area contributed by atoms with E-state index in [0.717, 1.165) is 24.1 Å². The number of thiol groups is 1. The number of ether oxygens (including phenoxy) is 2. The number of esters is 1. The number of nitrogens with two attached hydrogens (primary N) is 1. The Hall–Kier alpha value is -4.26. The molecule has 1 aliphatic carbocycles. The van der Waals surface area contributed by atoms with E-state index in [0.29, 0.717) is 51.2 Å². The number of rotatable bonds is 11. The number of halogens is 2. The molecule has 6 rings (SSSR count). The maximum Gasteiger partial charge on any atom is 0.357 e. The van der Waals surface area contributed by atoms with Crippen molar-refractivity contribution in [3.8, 4) is 33.3 Å². The van der Waals surface area contributed by atoms with Crippen molar-refractivity contribution in [2.75, 3.05) is 13.7 Å². The Morgan fingerprint density at radius 3 is 2.62 bits per heavy atom. The van der Waals surface area contributed by atoms with Crippen LogP contribution in [0, 0.1) is 17.6 Å². The van der Waals surface area contributed by atoms with E-state index in [1.165, 1.54) is 29.5 Å². The van der Waals surface area contributed by atoms with Gasteiger partial charge in [0, 0.05) is 28.5 Å². The number of carbonyl (C=O) groups excluding carboxylic acids is 1. The molecule has 0 bridgehead atoms. The van der Waals surface area contributed by atoms with Crippen molar-refractivity contribution in [3.05, 3.63) is 100 Å². The molecule has 12 heteroatoms. The number of hydrogen-bond acceptors (Lipinski definition) is 7. The van der Waals surface area contributed by atoms with E-state index in [9.17, 15) is 13.4 Å². The summed E-state index contributed by atoms with van der Waals surface area (Å²) in [6.07, 6.45) is 3.15. The van der Waals surface area contributed by atoms with Gasteiger partial charge in [-0.3, -0.25) is 0 Å². The minimum atomic E-state index is -2.34. The summed E-state index contributed by atoms with van der Waals surface area (Å²) in [5, 5.41) is 12.5. The number of methoxy groups -OCH3 is 1. The van der Waals surface area contributed by atoms with Crippen LogP contribution in [0.3, 0.4) is 0 Å². The SMILES string of the molecule is CCOC(=O)c1csc(-n2nc(CC3CC3)c(Cc3ccc([SH+](N)=O)c(F)c3)c2-c2ccc(F)c(-c3cccc(OC)c3)c2)n1. The summed E-state index contributed by atoms with van der Waals surface area (Å²) >= 11 is 1.24. The molecular formula is C33H31F2N4O4S2+. The van der Waals surface area contributed by atoms with E-state index in [4.69, 9.17) is 19.7 Å². The number of thiazole rings is 1. The van der Waals surface area contributed by atoms with Crippen LogP contribution in [0.2, 0.25) is 0 Å². The molecule has 0 radical (unpaired) electrons.